The Morgan fingerprint density at radius 2 is 1.91 bits per heavy atom. The number of carbonyl (C=O) groups is 3. The molecular formula is C17H24N2O4. The molecule has 0 fully saturated rings. The third kappa shape index (κ3) is 5.73. The molecule has 0 aliphatic carbocycles. The van der Waals surface area contributed by atoms with Crippen molar-refractivity contribution in [2.24, 2.45) is 0 Å². The largest absolute Gasteiger partial charge is 0.452 e. The summed E-state index contributed by atoms with van der Waals surface area (Å²) in [7, 11) is 0. The maximum atomic E-state index is 12.0. The predicted octanol–water partition coefficient (Wildman–Crippen LogP) is 1.49. The second-order valence-corrected chi connectivity index (χ2v) is 5.40. The van der Waals surface area contributed by atoms with Crippen LogP contribution in [0.2, 0.25) is 0 Å². The Hall–Kier alpha value is -2.37. The van der Waals surface area contributed by atoms with Crippen LogP contribution in [0.15, 0.2) is 18.2 Å². The van der Waals surface area contributed by atoms with Crippen LogP contribution >= 0.6 is 0 Å². The van der Waals surface area contributed by atoms with Gasteiger partial charge in [0.05, 0.1) is 5.56 Å². The summed E-state index contributed by atoms with van der Waals surface area (Å²) in [5, 5.41) is 5.17. The predicted molar refractivity (Wildman–Crippen MR) is 87.1 cm³/mol. The van der Waals surface area contributed by atoms with Crippen LogP contribution in [0.4, 0.5) is 0 Å². The fourth-order valence-corrected chi connectivity index (χ4v) is 1.93. The molecule has 0 unspecified atom stereocenters. The minimum atomic E-state index is -0.673. The van der Waals surface area contributed by atoms with E-state index in [-0.39, 0.29) is 5.91 Å². The fraction of sp³-hybridized carbons (Fsp3) is 0.471. The van der Waals surface area contributed by atoms with Gasteiger partial charge in [-0.05, 0) is 44.4 Å². The van der Waals surface area contributed by atoms with Gasteiger partial charge in [0.2, 0.25) is 5.91 Å². The standard InChI is InChI=1S/C17H24N2O4/c1-5-9-18-16(21)13(4)19-15(20)10-23-17(22)14-8-6-7-11(2)12(14)3/h6-8,13H,5,9-10H2,1-4H3,(H,18,21)(H,19,20)/t13-/m0/s1. The average Bonchev–Trinajstić information content (AvgIpc) is 2.52. The minimum absolute atomic E-state index is 0.263. The molecule has 0 radical (unpaired) electrons. The first-order chi connectivity index (χ1) is 10.9. The summed E-state index contributed by atoms with van der Waals surface area (Å²) >= 11 is 0. The van der Waals surface area contributed by atoms with Crippen LogP contribution in [0.5, 0.6) is 0 Å². The molecule has 6 heteroatoms. The Labute approximate surface area is 136 Å². The van der Waals surface area contributed by atoms with Crippen LogP contribution in [0.25, 0.3) is 0 Å². The molecule has 6 nitrogen and oxygen atoms in total. The summed E-state index contributed by atoms with van der Waals surface area (Å²) in [5.41, 5.74) is 2.24. The van der Waals surface area contributed by atoms with Gasteiger partial charge in [0.1, 0.15) is 6.04 Å². The highest BCUT2D eigenvalue weighted by Gasteiger charge is 2.17. The van der Waals surface area contributed by atoms with Crippen LogP contribution in [-0.2, 0) is 14.3 Å². The first-order valence-corrected chi connectivity index (χ1v) is 7.67. The molecule has 1 atom stereocenters. The summed E-state index contributed by atoms with van der Waals surface area (Å²) in [5.74, 6) is -1.33. The Balaban J connectivity index is 2.48. The molecule has 0 bridgehead atoms. The van der Waals surface area contributed by atoms with Gasteiger partial charge in [-0.2, -0.15) is 0 Å². The van der Waals surface area contributed by atoms with E-state index < -0.39 is 24.5 Å². The summed E-state index contributed by atoms with van der Waals surface area (Å²) in [4.78, 5) is 35.4. The highest BCUT2D eigenvalue weighted by molar-refractivity contribution is 5.93. The van der Waals surface area contributed by atoms with E-state index in [1.165, 1.54) is 0 Å². The van der Waals surface area contributed by atoms with Crippen molar-refractivity contribution in [3.63, 3.8) is 0 Å². The summed E-state index contributed by atoms with van der Waals surface area (Å²) < 4.78 is 5.00. The number of benzene rings is 1. The maximum absolute atomic E-state index is 12.0. The zero-order valence-electron chi connectivity index (χ0n) is 14.1. The van der Waals surface area contributed by atoms with E-state index in [9.17, 15) is 14.4 Å². The van der Waals surface area contributed by atoms with Crippen molar-refractivity contribution in [3.8, 4) is 0 Å². The third-order valence-electron chi connectivity index (χ3n) is 3.48. The summed E-state index contributed by atoms with van der Waals surface area (Å²) in [6.07, 6.45) is 0.819. The zero-order valence-corrected chi connectivity index (χ0v) is 14.1. The molecule has 0 spiro atoms. The molecule has 0 heterocycles. The van der Waals surface area contributed by atoms with Crippen molar-refractivity contribution in [2.75, 3.05) is 13.2 Å². The van der Waals surface area contributed by atoms with Crippen molar-refractivity contribution in [1.82, 2.24) is 10.6 Å². The van der Waals surface area contributed by atoms with E-state index in [1.807, 2.05) is 26.8 Å². The highest BCUT2D eigenvalue weighted by atomic mass is 16.5. The number of carbonyl (C=O) groups excluding carboxylic acids is 3. The van der Waals surface area contributed by atoms with Crippen molar-refractivity contribution < 1.29 is 19.1 Å². The van der Waals surface area contributed by atoms with Crippen LogP contribution in [-0.4, -0.2) is 37.0 Å². The number of amides is 2. The molecule has 0 aliphatic heterocycles. The molecule has 0 saturated heterocycles. The molecule has 2 N–H and O–H groups in total. The Morgan fingerprint density at radius 3 is 2.57 bits per heavy atom. The highest BCUT2D eigenvalue weighted by Crippen LogP contribution is 2.13. The molecule has 126 valence electrons. The van der Waals surface area contributed by atoms with Crippen LogP contribution in [0.3, 0.4) is 0 Å². The van der Waals surface area contributed by atoms with Gasteiger partial charge in [0.25, 0.3) is 5.91 Å². The number of nitrogens with one attached hydrogen (secondary N) is 2. The Morgan fingerprint density at radius 1 is 1.22 bits per heavy atom. The van der Waals surface area contributed by atoms with Crippen molar-refractivity contribution in [1.29, 1.82) is 0 Å². The number of aryl methyl sites for hydroxylation is 1. The minimum Gasteiger partial charge on any atom is -0.452 e. The molecule has 1 aromatic carbocycles. The van der Waals surface area contributed by atoms with Crippen molar-refractivity contribution >= 4 is 17.8 Å². The smallest absolute Gasteiger partial charge is 0.338 e. The first-order valence-electron chi connectivity index (χ1n) is 7.67. The van der Waals surface area contributed by atoms with E-state index in [2.05, 4.69) is 10.6 Å². The van der Waals surface area contributed by atoms with E-state index in [0.717, 1.165) is 17.5 Å². The van der Waals surface area contributed by atoms with E-state index in [0.29, 0.717) is 12.1 Å². The monoisotopic (exact) mass is 320 g/mol. The van der Waals surface area contributed by atoms with Gasteiger partial charge in [-0.1, -0.05) is 19.1 Å². The van der Waals surface area contributed by atoms with Gasteiger partial charge < -0.3 is 15.4 Å². The zero-order chi connectivity index (χ0) is 17.4. The number of rotatable bonds is 7. The van der Waals surface area contributed by atoms with E-state index in [4.69, 9.17) is 4.74 Å². The third-order valence-corrected chi connectivity index (χ3v) is 3.48. The number of hydrogen-bond acceptors (Lipinski definition) is 4. The van der Waals surface area contributed by atoms with E-state index in [1.54, 1.807) is 19.1 Å². The van der Waals surface area contributed by atoms with Gasteiger partial charge in [0, 0.05) is 6.54 Å². The van der Waals surface area contributed by atoms with Crippen molar-refractivity contribution in [2.45, 2.75) is 40.2 Å². The lowest BCUT2D eigenvalue weighted by molar-refractivity contribution is -0.130. The lowest BCUT2D eigenvalue weighted by atomic mass is 10.0. The van der Waals surface area contributed by atoms with Gasteiger partial charge in [-0.15, -0.1) is 0 Å². The molecule has 1 rings (SSSR count). The Bertz CT molecular complexity index is 584. The number of ether oxygens (including phenoxy) is 1. The molecule has 0 aliphatic rings. The molecule has 2 amide bonds. The van der Waals surface area contributed by atoms with Crippen LogP contribution < -0.4 is 10.6 Å². The first kappa shape index (κ1) is 18.7. The molecule has 23 heavy (non-hydrogen) atoms. The summed E-state index contributed by atoms with van der Waals surface area (Å²) in [6.45, 7) is 7.38. The lowest BCUT2D eigenvalue weighted by Gasteiger charge is -2.14. The topological polar surface area (TPSA) is 84.5 Å². The van der Waals surface area contributed by atoms with Gasteiger partial charge in [0.15, 0.2) is 6.61 Å². The molecular weight excluding hydrogens is 296 g/mol. The second-order valence-electron chi connectivity index (χ2n) is 5.40. The maximum Gasteiger partial charge on any atom is 0.338 e. The molecule has 0 saturated carbocycles. The number of hydrogen-bond donors (Lipinski definition) is 2. The SMILES string of the molecule is CCCNC(=O)[C@H](C)NC(=O)COC(=O)c1cccc(C)c1C. The number of esters is 1. The second kappa shape index (κ2) is 8.92. The lowest BCUT2D eigenvalue weighted by Crippen LogP contribution is -2.46. The van der Waals surface area contributed by atoms with Crippen LogP contribution in [0.1, 0.15) is 41.8 Å². The van der Waals surface area contributed by atoms with Gasteiger partial charge in [-0.25, -0.2) is 4.79 Å². The molecule has 1 aromatic rings. The Kier molecular flexibility index (Phi) is 7.25. The normalized spacial score (nSPS) is 11.5. The average molecular weight is 320 g/mol. The quantitative estimate of drug-likeness (QED) is 0.746. The van der Waals surface area contributed by atoms with Gasteiger partial charge >= 0.3 is 5.97 Å². The molecule has 0 aromatic heterocycles. The van der Waals surface area contributed by atoms with Crippen molar-refractivity contribution in [3.05, 3.63) is 34.9 Å². The van der Waals surface area contributed by atoms with E-state index >= 15 is 0 Å². The fourth-order valence-electron chi connectivity index (χ4n) is 1.93. The van der Waals surface area contributed by atoms with Gasteiger partial charge in [-0.3, -0.25) is 9.59 Å². The van der Waals surface area contributed by atoms with Crippen LogP contribution in [0, 0.1) is 13.8 Å². The summed E-state index contributed by atoms with van der Waals surface area (Å²) in [6, 6.07) is 4.64.